The second-order valence-corrected chi connectivity index (χ2v) is 4.81. The summed E-state index contributed by atoms with van der Waals surface area (Å²) in [5.74, 6) is -0.925. The van der Waals surface area contributed by atoms with Crippen LogP contribution in [0.3, 0.4) is 0 Å². The van der Waals surface area contributed by atoms with E-state index in [-0.39, 0.29) is 18.8 Å². The third-order valence-electron chi connectivity index (χ3n) is 2.63. The Morgan fingerprint density at radius 3 is 2.10 bits per heavy atom. The summed E-state index contributed by atoms with van der Waals surface area (Å²) in [7, 11) is 0. The Labute approximate surface area is 114 Å². The predicted molar refractivity (Wildman–Crippen MR) is 64.7 cm³/mol. The molecule has 1 aromatic carbocycles. The van der Waals surface area contributed by atoms with E-state index in [0.29, 0.717) is 5.75 Å². The Kier molecular flexibility index (Phi) is 4.86. The summed E-state index contributed by atoms with van der Waals surface area (Å²) >= 11 is 0. The number of ether oxygens (including phenoxy) is 2. The van der Waals surface area contributed by atoms with E-state index in [0.717, 1.165) is 12.1 Å². The molecule has 0 unspecified atom stereocenters. The fourth-order valence-electron chi connectivity index (χ4n) is 1.27. The highest BCUT2D eigenvalue weighted by molar-refractivity contribution is 5.73. The number of alkyl halides is 3. The maximum atomic E-state index is 11.9. The quantitative estimate of drug-likeness (QED) is 0.872. The van der Waals surface area contributed by atoms with Gasteiger partial charge in [-0.3, -0.25) is 4.79 Å². The minimum Gasteiger partial charge on any atom is -0.494 e. The summed E-state index contributed by atoms with van der Waals surface area (Å²) < 4.78 is 44.8. The first kappa shape index (κ1) is 16.1. The molecule has 0 amide bonds. The van der Waals surface area contributed by atoms with Crippen molar-refractivity contribution in [2.75, 3.05) is 6.61 Å². The first-order valence-corrected chi connectivity index (χ1v) is 5.82. The molecule has 0 saturated carbocycles. The van der Waals surface area contributed by atoms with Crippen LogP contribution in [0.1, 0.15) is 20.3 Å². The van der Waals surface area contributed by atoms with Gasteiger partial charge >= 0.3 is 12.3 Å². The SMILES string of the molecule is CC(C)(CCOc1ccc(OC(F)(F)F)cc1)C(=O)O. The van der Waals surface area contributed by atoms with Gasteiger partial charge < -0.3 is 14.6 Å². The van der Waals surface area contributed by atoms with Crippen molar-refractivity contribution in [3.8, 4) is 11.5 Å². The molecular formula is C13H15F3O4. The maximum Gasteiger partial charge on any atom is 0.573 e. The molecule has 0 heterocycles. The third-order valence-corrected chi connectivity index (χ3v) is 2.63. The van der Waals surface area contributed by atoms with Crippen LogP contribution in [0.4, 0.5) is 13.2 Å². The van der Waals surface area contributed by atoms with E-state index in [4.69, 9.17) is 9.84 Å². The van der Waals surface area contributed by atoms with Crippen LogP contribution in [0.25, 0.3) is 0 Å². The van der Waals surface area contributed by atoms with E-state index in [1.54, 1.807) is 13.8 Å². The van der Waals surface area contributed by atoms with Gasteiger partial charge in [-0.15, -0.1) is 13.2 Å². The lowest BCUT2D eigenvalue weighted by atomic mass is 9.90. The molecule has 20 heavy (non-hydrogen) atoms. The van der Waals surface area contributed by atoms with E-state index >= 15 is 0 Å². The van der Waals surface area contributed by atoms with Gasteiger partial charge in [0.15, 0.2) is 0 Å². The van der Waals surface area contributed by atoms with E-state index in [9.17, 15) is 18.0 Å². The van der Waals surface area contributed by atoms with Crippen LogP contribution in [0.5, 0.6) is 11.5 Å². The second-order valence-electron chi connectivity index (χ2n) is 4.81. The molecule has 1 rings (SSSR count). The van der Waals surface area contributed by atoms with Crippen molar-refractivity contribution in [2.24, 2.45) is 5.41 Å². The van der Waals surface area contributed by atoms with Gasteiger partial charge in [-0.2, -0.15) is 0 Å². The van der Waals surface area contributed by atoms with Crippen LogP contribution in [0, 0.1) is 5.41 Å². The Bertz CT molecular complexity index is 452. The topological polar surface area (TPSA) is 55.8 Å². The van der Waals surface area contributed by atoms with E-state index in [1.165, 1.54) is 12.1 Å². The van der Waals surface area contributed by atoms with Gasteiger partial charge in [-0.25, -0.2) is 0 Å². The number of carboxylic acid groups (broad SMARTS) is 1. The van der Waals surface area contributed by atoms with Crippen LogP contribution >= 0.6 is 0 Å². The largest absolute Gasteiger partial charge is 0.573 e. The fraction of sp³-hybridized carbons (Fsp3) is 0.462. The molecular weight excluding hydrogens is 277 g/mol. The van der Waals surface area contributed by atoms with Crippen molar-refractivity contribution in [1.82, 2.24) is 0 Å². The monoisotopic (exact) mass is 292 g/mol. The van der Waals surface area contributed by atoms with Crippen molar-refractivity contribution in [2.45, 2.75) is 26.6 Å². The average Bonchev–Trinajstić information content (AvgIpc) is 2.29. The molecule has 0 aliphatic carbocycles. The molecule has 0 spiro atoms. The van der Waals surface area contributed by atoms with E-state index in [2.05, 4.69) is 4.74 Å². The summed E-state index contributed by atoms with van der Waals surface area (Å²) in [4.78, 5) is 10.9. The molecule has 0 saturated heterocycles. The number of carboxylic acids is 1. The van der Waals surface area contributed by atoms with Crippen molar-refractivity contribution in [3.63, 3.8) is 0 Å². The molecule has 0 aromatic heterocycles. The molecule has 4 nitrogen and oxygen atoms in total. The van der Waals surface area contributed by atoms with Crippen LogP contribution in [0.2, 0.25) is 0 Å². The number of hydrogen-bond acceptors (Lipinski definition) is 3. The number of rotatable bonds is 6. The molecule has 7 heteroatoms. The molecule has 0 bridgehead atoms. The van der Waals surface area contributed by atoms with Gasteiger partial charge in [0.1, 0.15) is 11.5 Å². The Balaban J connectivity index is 2.48. The third kappa shape index (κ3) is 5.38. The number of aliphatic carboxylic acids is 1. The number of benzene rings is 1. The summed E-state index contributed by atoms with van der Waals surface area (Å²) in [6.07, 6.45) is -4.45. The highest BCUT2D eigenvalue weighted by Gasteiger charge is 2.31. The Morgan fingerprint density at radius 2 is 1.65 bits per heavy atom. The van der Waals surface area contributed by atoms with Gasteiger partial charge in [-0.05, 0) is 44.5 Å². The van der Waals surface area contributed by atoms with Crippen LogP contribution in [0.15, 0.2) is 24.3 Å². The van der Waals surface area contributed by atoms with E-state index in [1.807, 2.05) is 0 Å². The molecule has 0 aliphatic rings. The van der Waals surface area contributed by atoms with Crippen molar-refractivity contribution >= 4 is 5.97 Å². The lowest BCUT2D eigenvalue weighted by Crippen LogP contribution is -2.25. The average molecular weight is 292 g/mol. The van der Waals surface area contributed by atoms with Crippen LogP contribution in [-0.4, -0.2) is 24.0 Å². The summed E-state index contributed by atoms with van der Waals surface area (Å²) in [6, 6.07) is 4.92. The lowest BCUT2D eigenvalue weighted by molar-refractivity contribution is -0.274. The number of halogens is 3. The molecule has 0 fully saturated rings. The van der Waals surface area contributed by atoms with Gasteiger partial charge in [0, 0.05) is 0 Å². The minimum absolute atomic E-state index is 0.152. The molecule has 0 radical (unpaired) electrons. The van der Waals surface area contributed by atoms with Gasteiger partial charge in [0.25, 0.3) is 0 Å². The standard InChI is InChI=1S/C13H15F3O4/c1-12(2,11(17)18)7-8-19-9-3-5-10(6-4-9)20-13(14,15)16/h3-6H,7-8H2,1-2H3,(H,17,18). The highest BCUT2D eigenvalue weighted by Crippen LogP contribution is 2.25. The van der Waals surface area contributed by atoms with Gasteiger partial charge in [0.05, 0.1) is 12.0 Å². The van der Waals surface area contributed by atoms with Crippen molar-refractivity contribution in [1.29, 1.82) is 0 Å². The van der Waals surface area contributed by atoms with Crippen LogP contribution in [-0.2, 0) is 4.79 Å². The zero-order valence-electron chi connectivity index (χ0n) is 11.0. The maximum absolute atomic E-state index is 11.9. The zero-order valence-corrected chi connectivity index (χ0v) is 11.0. The fourth-order valence-corrected chi connectivity index (χ4v) is 1.27. The Hall–Kier alpha value is -1.92. The zero-order chi connectivity index (χ0) is 15.4. The number of carbonyl (C=O) groups is 1. The molecule has 112 valence electrons. The second kappa shape index (κ2) is 6.02. The minimum atomic E-state index is -4.73. The first-order valence-electron chi connectivity index (χ1n) is 5.82. The van der Waals surface area contributed by atoms with Crippen molar-refractivity contribution in [3.05, 3.63) is 24.3 Å². The first-order chi connectivity index (χ1) is 9.10. The van der Waals surface area contributed by atoms with Crippen LogP contribution < -0.4 is 9.47 Å². The Morgan fingerprint density at radius 1 is 1.15 bits per heavy atom. The normalized spacial score (nSPS) is 12.1. The lowest BCUT2D eigenvalue weighted by Gasteiger charge is -2.19. The molecule has 0 atom stereocenters. The summed E-state index contributed by atoms with van der Waals surface area (Å²) in [5.41, 5.74) is -0.917. The number of hydrogen-bond donors (Lipinski definition) is 1. The van der Waals surface area contributed by atoms with Crippen molar-refractivity contribution < 1.29 is 32.5 Å². The molecule has 0 aliphatic heterocycles. The smallest absolute Gasteiger partial charge is 0.494 e. The summed E-state index contributed by atoms with van der Waals surface area (Å²) in [6.45, 7) is 3.29. The van der Waals surface area contributed by atoms with E-state index < -0.39 is 17.7 Å². The predicted octanol–water partition coefficient (Wildman–Crippen LogP) is 3.46. The van der Waals surface area contributed by atoms with Gasteiger partial charge in [0.2, 0.25) is 0 Å². The molecule has 1 aromatic rings. The van der Waals surface area contributed by atoms with Gasteiger partial charge in [-0.1, -0.05) is 0 Å². The highest BCUT2D eigenvalue weighted by atomic mass is 19.4. The summed E-state index contributed by atoms with van der Waals surface area (Å²) in [5, 5.41) is 8.90. The molecule has 1 N–H and O–H groups in total.